The molecular formula is C114H80N4. The van der Waals surface area contributed by atoms with Gasteiger partial charge in [-0.05, 0) is 224 Å². The first-order valence-electron chi connectivity index (χ1n) is 41.2. The Morgan fingerprint density at radius 1 is 0.195 bits per heavy atom. The molecule has 0 amide bonds. The molecule has 0 fully saturated rings. The van der Waals surface area contributed by atoms with Crippen molar-refractivity contribution in [3.05, 3.63) is 457 Å². The Labute approximate surface area is 685 Å². The molecule has 0 N–H and O–H groups in total. The zero-order valence-electron chi connectivity index (χ0n) is 66.0. The summed E-state index contributed by atoms with van der Waals surface area (Å²) in [6, 6.07) is 153. The second-order valence-corrected chi connectivity index (χ2v) is 32.8. The Kier molecular flexibility index (Phi) is 15.7. The van der Waals surface area contributed by atoms with Crippen molar-refractivity contribution >= 4 is 87.2 Å². The Hall–Kier alpha value is -14.8. The van der Waals surface area contributed by atoms with Gasteiger partial charge >= 0.3 is 0 Å². The Morgan fingerprint density at radius 2 is 0.542 bits per heavy atom. The quantitative estimate of drug-likeness (QED) is 0.130. The standard InChI is InChI=1S/C62H42N2.C52H38N2/c1-41-17-14-18-42(37-41)43-19-15-24-48(38-43)63-56-30-12-9-26-50(56)53-39-44(33-35-58(53)63)45-34-36-59-54(40-45)51-27-10-13-31-57(51)64(59)60-32-16-28-52-49-25-8-11-29-55(49)62(61(52)60,46-20-4-2-5-21-46)47-22-6-3-7-23-47;1-33-19-21-34(22-20-33)35-11-10-12-38(29-35)53-48-17-8-5-14-41(48)44-30-36(23-27-50(44)53)37-24-28-51-45(31-37)42-15-6-9-18-49(42)54(51)39-25-26-47-43(32-39)40-13-4-7-16-46(40)52(47,2)3/h2-40H,1H3;4-32H,1-3H3. The van der Waals surface area contributed by atoms with Gasteiger partial charge in [0, 0.05) is 71.1 Å². The molecule has 0 atom stereocenters. The highest BCUT2D eigenvalue weighted by Crippen LogP contribution is 2.59. The maximum Gasteiger partial charge on any atom is 0.0734 e. The first kappa shape index (κ1) is 68.7. The molecule has 2 aliphatic rings. The summed E-state index contributed by atoms with van der Waals surface area (Å²) in [7, 11) is 0. The van der Waals surface area contributed by atoms with E-state index < -0.39 is 5.41 Å². The lowest BCUT2D eigenvalue weighted by Crippen LogP contribution is -2.29. The maximum atomic E-state index is 2.53. The number of rotatable bonds is 10. The molecule has 118 heavy (non-hydrogen) atoms. The second kappa shape index (κ2) is 26.9. The number of benzene rings is 18. The lowest BCUT2D eigenvalue weighted by Gasteiger charge is -2.35. The van der Waals surface area contributed by atoms with Crippen molar-refractivity contribution in [2.45, 2.75) is 38.5 Å². The molecule has 4 nitrogen and oxygen atoms in total. The average Bonchev–Trinajstić information content (AvgIpc) is 1.52. The molecule has 0 unspecified atom stereocenters. The number of aryl methyl sites for hydroxylation is 2. The molecule has 4 heteroatoms. The largest absolute Gasteiger partial charge is 0.309 e. The summed E-state index contributed by atoms with van der Waals surface area (Å²) in [6.07, 6.45) is 0. The van der Waals surface area contributed by atoms with Crippen LogP contribution < -0.4 is 0 Å². The third-order valence-electron chi connectivity index (χ3n) is 25.8. The number of hydrogen-bond donors (Lipinski definition) is 0. The van der Waals surface area contributed by atoms with Gasteiger partial charge in [-0.1, -0.05) is 322 Å². The second-order valence-electron chi connectivity index (χ2n) is 32.8. The highest BCUT2D eigenvalue weighted by molar-refractivity contribution is 6.15. The Bertz CT molecular complexity index is 7810. The van der Waals surface area contributed by atoms with Crippen molar-refractivity contribution in [2.24, 2.45) is 0 Å². The van der Waals surface area contributed by atoms with Crippen LogP contribution in [0.5, 0.6) is 0 Å². The van der Waals surface area contributed by atoms with Gasteiger partial charge in [-0.25, -0.2) is 0 Å². The minimum absolute atomic E-state index is 0.0148. The van der Waals surface area contributed by atoms with E-state index in [9.17, 15) is 0 Å². The number of aromatic nitrogens is 4. The van der Waals surface area contributed by atoms with Crippen LogP contribution in [0, 0.1) is 13.8 Å². The predicted octanol–water partition coefficient (Wildman–Crippen LogP) is 29.7. The van der Waals surface area contributed by atoms with Crippen molar-refractivity contribution in [3.8, 4) is 89.5 Å². The number of fused-ring (bicyclic) bond motifs is 18. The van der Waals surface area contributed by atoms with Crippen LogP contribution in [0.3, 0.4) is 0 Å². The van der Waals surface area contributed by atoms with E-state index >= 15 is 0 Å². The van der Waals surface area contributed by atoms with Crippen LogP contribution in [-0.4, -0.2) is 18.3 Å². The zero-order chi connectivity index (χ0) is 78.5. The fourth-order valence-corrected chi connectivity index (χ4v) is 20.4. The topological polar surface area (TPSA) is 19.7 Å². The minimum Gasteiger partial charge on any atom is -0.309 e. The molecule has 0 bridgehead atoms. The average molecular weight is 1510 g/mol. The SMILES string of the molecule is Cc1ccc(-c2cccc(-n3c4ccccc4c4cc(-c5ccc6c(c5)c5ccccc5n6-c5ccc6c(c5)-c5ccccc5C6(C)C)ccc43)c2)cc1.Cc1cccc(-c2cccc(-n3c4ccccc4c4cc(-c5ccc6c(c5)c5ccccc5n6-c5cccc6c5C(c5ccccc5)(c5ccccc5)c5ccccc5-6)ccc43)c2)c1. The molecule has 4 heterocycles. The molecule has 18 aromatic carbocycles. The fourth-order valence-electron chi connectivity index (χ4n) is 20.4. The highest BCUT2D eigenvalue weighted by Gasteiger charge is 2.48. The van der Waals surface area contributed by atoms with Gasteiger partial charge in [0.05, 0.1) is 55.2 Å². The summed E-state index contributed by atoms with van der Waals surface area (Å²) in [5, 5.41) is 10.0. The Balaban J connectivity index is 0.000000140. The van der Waals surface area contributed by atoms with Gasteiger partial charge in [0.15, 0.2) is 0 Å². The third-order valence-corrected chi connectivity index (χ3v) is 25.8. The number of hydrogen-bond acceptors (Lipinski definition) is 0. The van der Waals surface area contributed by atoms with Crippen LogP contribution in [0.25, 0.3) is 177 Å². The summed E-state index contributed by atoms with van der Waals surface area (Å²) in [5.74, 6) is 0. The van der Waals surface area contributed by atoms with Gasteiger partial charge in [-0.3, -0.25) is 0 Å². The summed E-state index contributed by atoms with van der Waals surface area (Å²) in [6.45, 7) is 8.98. The van der Waals surface area contributed by atoms with E-state index in [0.29, 0.717) is 0 Å². The van der Waals surface area contributed by atoms with Gasteiger partial charge in [0.25, 0.3) is 0 Å². The van der Waals surface area contributed by atoms with Crippen molar-refractivity contribution in [3.63, 3.8) is 0 Å². The lowest BCUT2D eigenvalue weighted by molar-refractivity contribution is 0.660. The minimum atomic E-state index is -0.529. The maximum absolute atomic E-state index is 2.53. The first-order valence-corrected chi connectivity index (χ1v) is 41.2. The summed E-state index contributed by atoms with van der Waals surface area (Å²) < 4.78 is 9.82. The molecule has 0 radical (unpaired) electrons. The monoisotopic (exact) mass is 1500 g/mol. The van der Waals surface area contributed by atoms with Gasteiger partial charge in [0.2, 0.25) is 0 Å². The van der Waals surface area contributed by atoms with Gasteiger partial charge in [-0.2, -0.15) is 0 Å². The molecule has 0 aliphatic heterocycles. The van der Waals surface area contributed by atoms with E-state index in [-0.39, 0.29) is 5.41 Å². The van der Waals surface area contributed by atoms with Crippen LogP contribution in [0.2, 0.25) is 0 Å². The zero-order valence-corrected chi connectivity index (χ0v) is 66.0. The van der Waals surface area contributed by atoms with E-state index in [1.54, 1.807) is 0 Å². The first-order chi connectivity index (χ1) is 58.1. The summed E-state index contributed by atoms with van der Waals surface area (Å²) in [4.78, 5) is 0. The normalized spacial score (nSPS) is 13.1. The van der Waals surface area contributed by atoms with Crippen molar-refractivity contribution < 1.29 is 0 Å². The fraction of sp³-hybridized carbons (Fsp3) is 0.0526. The predicted molar refractivity (Wildman–Crippen MR) is 496 cm³/mol. The highest BCUT2D eigenvalue weighted by atomic mass is 15.0. The van der Waals surface area contributed by atoms with Crippen LogP contribution in [0.4, 0.5) is 0 Å². The van der Waals surface area contributed by atoms with Crippen molar-refractivity contribution in [2.75, 3.05) is 0 Å². The number of nitrogens with zero attached hydrogens (tertiary/aromatic N) is 4. The van der Waals surface area contributed by atoms with Gasteiger partial charge in [0.1, 0.15) is 0 Å². The van der Waals surface area contributed by atoms with E-state index in [1.165, 1.54) is 216 Å². The molecule has 24 rings (SSSR count). The lowest BCUT2D eigenvalue weighted by atomic mass is 9.67. The van der Waals surface area contributed by atoms with Crippen LogP contribution in [-0.2, 0) is 10.8 Å². The van der Waals surface area contributed by atoms with Crippen LogP contribution >= 0.6 is 0 Å². The molecule has 0 saturated carbocycles. The number of para-hydroxylation sites is 4. The van der Waals surface area contributed by atoms with Gasteiger partial charge in [-0.15, -0.1) is 0 Å². The van der Waals surface area contributed by atoms with Crippen LogP contribution in [0.1, 0.15) is 58.4 Å². The van der Waals surface area contributed by atoms with E-state index in [4.69, 9.17) is 0 Å². The molecule has 0 spiro atoms. The molecular weight excluding hydrogens is 1430 g/mol. The molecule has 22 aromatic rings. The van der Waals surface area contributed by atoms with Gasteiger partial charge < -0.3 is 18.3 Å². The van der Waals surface area contributed by atoms with Crippen molar-refractivity contribution in [1.29, 1.82) is 0 Å². The molecule has 0 saturated heterocycles. The third kappa shape index (κ3) is 10.5. The van der Waals surface area contributed by atoms with E-state index in [0.717, 1.165) is 5.69 Å². The summed E-state index contributed by atoms with van der Waals surface area (Å²) >= 11 is 0. The molecule has 2 aliphatic carbocycles. The smallest absolute Gasteiger partial charge is 0.0734 e. The van der Waals surface area contributed by atoms with E-state index in [2.05, 4.69) is 458 Å². The van der Waals surface area contributed by atoms with E-state index in [1.807, 2.05) is 0 Å². The summed E-state index contributed by atoms with van der Waals surface area (Å²) in [5.41, 5.74) is 39.3. The Morgan fingerprint density at radius 3 is 1.03 bits per heavy atom. The van der Waals surface area contributed by atoms with Crippen LogP contribution in [0.15, 0.2) is 413 Å². The molecule has 556 valence electrons. The van der Waals surface area contributed by atoms with Crippen molar-refractivity contribution in [1.82, 2.24) is 18.3 Å². The molecule has 4 aromatic heterocycles.